The second kappa shape index (κ2) is 6.72. The first-order valence-electron chi connectivity index (χ1n) is 9.04. The summed E-state index contributed by atoms with van der Waals surface area (Å²) in [6.07, 6.45) is 1.84. The van der Waals surface area contributed by atoms with Gasteiger partial charge in [0.2, 0.25) is 0 Å². The Morgan fingerprint density at radius 2 is 2.00 bits per heavy atom. The normalized spacial score (nSPS) is 24.3. The minimum absolute atomic E-state index is 0.138. The van der Waals surface area contributed by atoms with Crippen molar-refractivity contribution in [3.63, 3.8) is 0 Å². The monoisotopic (exact) mass is 358 g/mol. The fraction of sp³-hybridized carbons (Fsp3) is 0.526. The predicted octanol–water partition coefficient (Wildman–Crippen LogP) is 2.48. The lowest BCUT2D eigenvalue weighted by Gasteiger charge is -2.35. The average molecular weight is 358 g/mol. The number of aliphatic carboxylic acids is 1. The van der Waals surface area contributed by atoms with Crippen LogP contribution in [0.5, 0.6) is 0 Å². The first kappa shape index (κ1) is 17.0. The summed E-state index contributed by atoms with van der Waals surface area (Å²) < 4.78 is 11.3. The first-order valence-corrected chi connectivity index (χ1v) is 9.04. The Bertz CT molecular complexity index is 838. The molecule has 1 N–H and O–H groups in total. The number of carboxylic acid groups (broad SMARTS) is 1. The molecule has 0 bridgehead atoms. The molecule has 2 atom stereocenters. The molecule has 4 heterocycles. The van der Waals surface area contributed by atoms with Gasteiger partial charge in [0.1, 0.15) is 5.52 Å². The van der Waals surface area contributed by atoms with Gasteiger partial charge in [-0.05, 0) is 44.2 Å². The van der Waals surface area contributed by atoms with Crippen molar-refractivity contribution < 1.29 is 23.8 Å². The van der Waals surface area contributed by atoms with Gasteiger partial charge in [0.15, 0.2) is 11.3 Å². The van der Waals surface area contributed by atoms with Gasteiger partial charge in [0.05, 0.1) is 12.0 Å². The van der Waals surface area contributed by atoms with Gasteiger partial charge in [-0.15, -0.1) is 0 Å². The molecule has 7 nitrogen and oxygen atoms in total. The van der Waals surface area contributed by atoms with Crippen molar-refractivity contribution in [3.8, 4) is 0 Å². The molecule has 138 valence electrons. The summed E-state index contributed by atoms with van der Waals surface area (Å²) in [4.78, 5) is 30.2. The van der Waals surface area contributed by atoms with Crippen molar-refractivity contribution in [1.29, 1.82) is 0 Å². The number of carbonyl (C=O) groups excluding carboxylic acids is 1. The molecular formula is C19H22N2O5. The number of nitrogens with zero attached hydrogens (tertiary/aromatic N) is 2. The molecule has 2 aromatic rings. The molecule has 2 saturated heterocycles. The minimum Gasteiger partial charge on any atom is -0.481 e. The molecule has 2 aliphatic heterocycles. The topological polar surface area (TPSA) is 92.9 Å². The average Bonchev–Trinajstić information content (AvgIpc) is 3.28. The number of piperidine rings is 1. The van der Waals surface area contributed by atoms with Crippen LogP contribution in [0.25, 0.3) is 11.1 Å². The summed E-state index contributed by atoms with van der Waals surface area (Å²) in [6, 6.07) is 5.37. The van der Waals surface area contributed by atoms with E-state index in [1.165, 1.54) is 0 Å². The van der Waals surface area contributed by atoms with E-state index in [4.69, 9.17) is 9.15 Å². The maximum absolute atomic E-state index is 12.7. The van der Waals surface area contributed by atoms with Gasteiger partial charge in [0.25, 0.3) is 5.91 Å². The van der Waals surface area contributed by atoms with Crippen molar-refractivity contribution in [3.05, 3.63) is 29.7 Å². The van der Waals surface area contributed by atoms with Gasteiger partial charge in [-0.2, -0.15) is 0 Å². The number of carboxylic acids is 1. The number of aromatic nitrogens is 1. The van der Waals surface area contributed by atoms with Gasteiger partial charge in [-0.25, -0.2) is 4.98 Å². The summed E-state index contributed by atoms with van der Waals surface area (Å²) in [5.41, 5.74) is 2.17. The van der Waals surface area contributed by atoms with Crippen LogP contribution >= 0.6 is 0 Å². The van der Waals surface area contributed by atoms with Crippen molar-refractivity contribution >= 4 is 23.0 Å². The zero-order chi connectivity index (χ0) is 18.3. The lowest BCUT2D eigenvalue weighted by Crippen LogP contribution is -2.43. The van der Waals surface area contributed by atoms with Gasteiger partial charge >= 0.3 is 5.97 Å². The van der Waals surface area contributed by atoms with E-state index >= 15 is 0 Å². The maximum atomic E-state index is 12.7. The number of hydrogen-bond acceptors (Lipinski definition) is 5. The number of likely N-dealkylation sites (tertiary alicyclic amines) is 1. The molecule has 2 aliphatic rings. The Labute approximate surface area is 150 Å². The molecule has 0 spiro atoms. The van der Waals surface area contributed by atoms with E-state index in [1.54, 1.807) is 11.0 Å². The van der Waals surface area contributed by atoms with E-state index in [-0.39, 0.29) is 17.9 Å². The van der Waals surface area contributed by atoms with Crippen LogP contribution in [0.2, 0.25) is 0 Å². The van der Waals surface area contributed by atoms with Crippen molar-refractivity contribution in [2.45, 2.75) is 32.3 Å². The third kappa shape index (κ3) is 3.07. The quantitative estimate of drug-likeness (QED) is 0.906. The summed E-state index contributed by atoms with van der Waals surface area (Å²) in [6.45, 7) is 3.57. The molecular weight excluding hydrogens is 336 g/mol. The van der Waals surface area contributed by atoms with Crippen molar-refractivity contribution in [2.75, 3.05) is 19.7 Å². The largest absolute Gasteiger partial charge is 0.481 e. The Hall–Kier alpha value is -2.41. The highest BCUT2D eigenvalue weighted by Crippen LogP contribution is 2.33. The lowest BCUT2D eigenvalue weighted by atomic mass is 9.84. The maximum Gasteiger partial charge on any atom is 0.309 e. The fourth-order valence-corrected chi connectivity index (χ4v) is 4.06. The van der Waals surface area contributed by atoms with Crippen LogP contribution in [0.3, 0.4) is 0 Å². The molecule has 1 unspecified atom stereocenters. The molecule has 0 aliphatic carbocycles. The fourth-order valence-electron chi connectivity index (χ4n) is 4.06. The number of aryl methyl sites for hydroxylation is 1. The second-order valence-electron chi connectivity index (χ2n) is 7.15. The summed E-state index contributed by atoms with van der Waals surface area (Å²) in [5.74, 6) is -0.857. The highest BCUT2D eigenvalue weighted by atomic mass is 16.5. The number of rotatable bonds is 3. The van der Waals surface area contributed by atoms with Crippen LogP contribution in [0.4, 0.5) is 0 Å². The Kier molecular flexibility index (Phi) is 4.40. The summed E-state index contributed by atoms with van der Waals surface area (Å²) in [5, 5.41) is 9.33. The molecule has 2 fully saturated rings. The Balaban J connectivity index is 1.42. The molecule has 1 amide bonds. The van der Waals surface area contributed by atoms with Crippen LogP contribution in [-0.2, 0) is 9.53 Å². The third-order valence-corrected chi connectivity index (χ3v) is 5.47. The molecule has 4 rings (SSSR count). The van der Waals surface area contributed by atoms with Crippen molar-refractivity contribution in [1.82, 2.24) is 9.88 Å². The second-order valence-corrected chi connectivity index (χ2v) is 7.15. The number of furan rings is 1. The summed E-state index contributed by atoms with van der Waals surface area (Å²) in [7, 11) is 0. The lowest BCUT2D eigenvalue weighted by molar-refractivity contribution is -0.145. The highest BCUT2D eigenvalue weighted by molar-refractivity contribution is 5.95. The predicted molar refractivity (Wildman–Crippen MR) is 92.9 cm³/mol. The van der Waals surface area contributed by atoms with Gasteiger partial charge in [-0.3, -0.25) is 9.59 Å². The van der Waals surface area contributed by atoms with Gasteiger partial charge < -0.3 is 19.2 Å². The van der Waals surface area contributed by atoms with E-state index in [2.05, 4.69) is 4.98 Å². The van der Waals surface area contributed by atoms with E-state index < -0.39 is 11.9 Å². The molecule has 26 heavy (non-hydrogen) atoms. The van der Waals surface area contributed by atoms with Crippen LogP contribution < -0.4 is 0 Å². The van der Waals surface area contributed by atoms with Crippen LogP contribution in [0, 0.1) is 18.8 Å². The molecule has 7 heteroatoms. The summed E-state index contributed by atoms with van der Waals surface area (Å²) >= 11 is 0. The smallest absolute Gasteiger partial charge is 0.309 e. The molecule has 0 aromatic carbocycles. The molecule has 0 radical (unpaired) electrons. The Morgan fingerprint density at radius 1 is 1.23 bits per heavy atom. The Morgan fingerprint density at radius 3 is 2.73 bits per heavy atom. The van der Waals surface area contributed by atoms with Gasteiger partial charge in [0, 0.05) is 31.5 Å². The zero-order valence-corrected chi connectivity index (χ0v) is 14.7. The van der Waals surface area contributed by atoms with Crippen LogP contribution in [0.15, 0.2) is 22.6 Å². The van der Waals surface area contributed by atoms with Gasteiger partial charge in [-0.1, -0.05) is 0 Å². The van der Waals surface area contributed by atoms with Crippen LogP contribution in [0.1, 0.15) is 35.5 Å². The van der Waals surface area contributed by atoms with E-state index in [9.17, 15) is 14.7 Å². The SMILES string of the molecule is Cc1ccc2oc(C(=O)N3CCC([C@@H]4OCCC4C(=O)O)CC3)cc2n1. The van der Waals surface area contributed by atoms with Crippen molar-refractivity contribution in [2.24, 2.45) is 11.8 Å². The molecule has 0 saturated carbocycles. The van der Waals surface area contributed by atoms with E-state index in [1.807, 2.05) is 19.1 Å². The first-order chi connectivity index (χ1) is 12.5. The van der Waals surface area contributed by atoms with E-state index in [0.29, 0.717) is 43.0 Å². The number of ether oxygens (including phenoxy) is 1. The highest BCUT2D eigenvalue weighted by Gasteiger charge is 2.41. The number of fused-ring (bicyclic) bond motifs is 1. The zero-order valence-electron chi connectivity index (χ0n) is 14.7. The number of pyridine rings is 1. The number of amides is 1. The number of hydrogen-bond donors (Lipinski definition) is 1. The minimum atomic E-state index is -0.781. The molecule has 2 aromatic heterocycles. The van der Waals surface area contributed by atoms with E-state index in [0.717, 1.165) is 18.5 Å². The number of carbonyl (C=O) groups is 2. The third-order valence-electron chi connectivity index (χ3n) is 5.47. The standard InChI is InChI=1S/C19H22N2O5/c1-11-2-3-15-14(20-11)10-16(26-15)18(22)21-7-4-12(5-8-21)17-13(19(23)24)6-9-25-17/h2-3,10,12-13,17H,4-9H2,1H3,(H,23,24)/t13?,17-/m0/s1. The van der Waals surface area contributed by atoms with Crippen LogP contribution in [-0.4, -0.2) is 52.7 Å².